The maximum absolute atomic E-state index is 13.0. The first-order valence-corrected chi connectivity index (χ1v) is 8.53. The number of nitrogens with zero attached hydrogens (tertiary/aromatic N) is 3. The molecular formula is C17H19FN6O3. The molecule has 0 bridgehead atoms. The molecule has 1 aliphatic rings. The van der Waals surface area contributed by atoms with Gasteiger partial charge in [-0.3, -0.25) is 14.9 Å². The highest BCUT2D eigenvalue weighted by Crippen LogP contribution is 2.18. The summed E-state index contributed by atoms with van der Waals surface area (Å²) in [5.41, 5.74) is -0.637. The first-order chi connectivity index (χ1) is 12.9. The van der Waals surface area contributed by atoms with Gasteiger partial charge >= 0.3 is 6.03 Å². The normalized spacial score (nSPS) is 18.9. The van der Waals surface area contributed by atoms with Crippen LogP contribution in [0.1, 0.15) is 36.7 Å². The molecule has 1 saturated heterocycles. The second-order valence-corrected chi connectivity index (χ2v) is 6.27. The number of benzene rings is 1. The summed E-state index contributed by atoms with van der Waals surface area (Å²) in [4.78, 5) is 37.3. The summed E-state index contributed by atoms with van der Waals surface area (Å²) in [5, 5.41) is 15.5. The van der Waals surface area contributed by atoms with Crippen LogP contribution in [0, 0.1) is 5.82 Å². The molecule has 2 aromatic rings. The molecule has 1 aromatic carbocycles. The molecule has 1 atom stereocenters. The van der Waals surface area contributed by atoms with E-state index in [2.05, 4.69) is 26.1 Å². The van der Waals surface area contributed by atoms with Crippen molar-refractivity contribution in [2.24, 2.45) is 0 Å². The molecule has 1 fully saturated rings. The molecule has 27 heavy (non-hydrogen) atoms. The summed E-state index contributed by atoms with van der Waals surface area (Å²) in [6.07, 6.45) is 3.23. The molecular weight excluding hydrogens is 355 g/mol. The van der Waals surface area contributed by atoms with Gasteiger partial charge in [0.15, 0.2) is 5.69 Å². The van der Waals surface area contributed by atoms with E-state index in [1.54, 1.807) is 0 Å². The molecule has 9 nitrogen and oxygen atoms in total. The largest absolute Gasteiger partial charge is 0.348 e. The number of halogens is 1. The number of carbonyl (C=O) groups excluding carboxylic acids is 3. The van der Waals surface area contributed by atoms with Crippen LogP contribution in [0.2, 0.25) is 0 Å². The lowest BCUT2D eigenvalue weighted by atomic mass is 9.92. The summed E-state index contributed by atoms with van der Waals surface area (Å²) in [7, 11) is 0. The van der Waals surface area contributed by atoms with E-state index in [1.807, 2.05) is 6.92 Å². The number of rotatable bonds is 7. The van der Waals surface area contributed by atoms with Gasteiger partial charge in [0.1, 0.15) is 11.4 Å². The Kier molecular flexibility index (Phi) is 5.15. The molecule has 3 N–H and O–H groups in total. The van der Waals surface area contributed by atoms with E-state index in [1.165, 1.54) is 35.3 Å². The number of hydrogen-bond donors (Lipinski definition) is 3. The summed E-state index contributed by atoms with van der Waals surface area (Å²) in [5.74, 6) is -1.39. The number of unbranched alkanes of at least 4 members (excludes halogenated alkanes) is 1. The average molecular weight is 374 g/mol. The molecule has 0 spiro atoms. The van der Waals surface area contributed by atoms with Crippen LogP contribution in [-0.4, -0.2) is 44.9 Å². The maximum atomic E-state index is 13.0. The van der Waals surface area contributed by atoms with Crippen molar-refractivity contribution in [2.75, 3.05) is 6.54 Å². The number of amides is 4. The van der Waals surface area contributed by atoms with Gasteiger partial charge in [-0.25, -0.2) is 9.18 Å². The Hall–Kier alpha value is -3.30. The van der Waals surface area contributed by atoms with Crippen LogP contribution in [-0.2, 0) is 4.79 Å². The van der Waals surface area contributed by atoms with E-state index in [0.29, 0.717) is 18.5 Å². The first-order valence-electron chi connectivity index (χ1n) is 8.53. The zero-order valence-corrected chi connectivity index (χ0v) is 14.7. The summed E-state index contributed by atoms with van der Waals surface area (Å²) >= 11 is 0. The lowest BCUT2D eigenvalue weighted by Gasteiger charge is -2.25. The summed E-state index contributed by atoms with van der Waals surface area (Å²) in [6, 6.07) is 4.91. The number of hydrogen-bond acceptors (Lipinski definition) is 5. The Morgan fingerprint density at radius 3 is 2.67 bits per heavy atom. The molecule has 0 saturated carbocycles. The highest BCUT2D eigenvalue weighted by atomic mass is 19.1. The molecule has 0 unspecified atom stereocenters. The zero-order valence-electron chi connectivity index (χ0n) is 14.7. The van der Waals surface area contributed by atoms with Crippen molar-refractivity contribution in [3.8, 4) is 5.69 Å². The van der Waals surface area contributed by atoms with E-state index >= 15 is 0 Å². The molecule has 1 aliphatic heterocycles. The standard InChI is InChI=1S/C17H19FN6O3/c1-2-3-8-17(15(26)21-16(27)22-17)10-19-14(25)13-9-20-24(23-13)12-6-4-11(18)5-7-12/h4-7,9H,2-3,8,10H2,1H3,(H,19,25)(H2,21,22,26,27)/t17-/m1/s1. The third kappa shape index (κ3) is 3.94. The van der Waals surface area contributed by atoms with Crippen LogP contribution in [0.4, 0.5) is 9.18 Å². The van der Waals surface area contributed by atoms with Crippen molar-refractivity contribution in [2.45, 2.75) is 31.7 Å². The average Bonchev–Trinajstić information content (AvgIpc) is 3.24. The van der Waals surface area contributed by atoms with Crippen molar-refractivity contribution in [1.82, 2.24) is 30.9 Å². The Balaban J connectivity index is 1.68. The van der Waals surface area contributed by atoms with Gasteiger partial charge in [-0.05, 0) is 30.7 Å². The van der Waals surface area contributed by atoms with Crippen LogP contribution in [0.15, 0.2) is 30.5 Å². The van der Waals surface area contributed by atoms with Crippen LogP contribution in [0.5, 0.6) is 0 Å². The van der Waals surface area contributed by atoms with Gasteiger partial charge < -0.3 is 10.6 Å². The smallest absolute Gasteiger partial charge is 0.322 e. The predicted molar refractivity (Wildman–Crippen MR) is 92.6 cm³/mol. The van der Waals surface area contributed by atoms with Crippen molar-refractivity contribution >= 4 is 17.8 Å². The number of nitrogens with one attached hydrogen (secondary N) is 3. The first kappa shape index (κ1) is 18.5. The van der Waals surface area contributed by atoms with E-state index in [9.17, 15) is 18.8 Å². The zero-order chi connectivity index (χ0) is 19.4. The Bertz CT molecular complexity index is 866. The fourth-order valence-electron chi connectivity index (χ4n) is 2.78. The Morgan fingerprint density at radius 2 is 2.04 bits per heavy atom. The van der Waals surface area contributed by atoms with Gasteiger partial charge in [-0.1, -0.05) is 19.8 Å². The number of aromatic nitrogens is 3. The van der Waals surface area contributed by atoms with E-state index in [4.69, 9.17) is 0 Å². The lowest BCUT2D eigenvalue weighted by Crippen LogP contribution is -2.55. The predicted octanol–water partition coefficient (Wildman–Crippen LogP) is 0.905. The molecule has 0 radical (unpaired) electrons. The van der Waals surface area contributed by atoms with Crippen molar-refractivity contribution in [3.05, 3.63) is 42.0 Å². The number of imide groups is 1. The van der Waals surface area contributed by atoms with E-state index in [0.717, 1.165) is 6.42 Å². The third-order valence-electron chi connectivity index (χ3n) is 4.30. The molecule has 3 rings (SSSR count). The fraction of sp³-hybridized carbons (Fsp3) is 0.353. The highest BCUT2D eigenvalue weighted by Gasteiger charge is 2.45. The quantitative estimate of drug-likeness (QED) is 0.623. The lowest BCUT2D eigenvalue weighted by molar-refractivity contribution is -0.124. The van der Waals surface area contributed by atoms with E-state index in [-0.39, 0.29) is 12.2 Å². The van der Waals surface area contributed by atoms with Gasteiger partial charge in [-0.15, -0.1) is 5.10 Å². The highest BCUT2D eigenvalue weighted by molar-refractivity contribution is 6.07. The second-order valence-electron chi connectivity index (χ2n) is 6.27. The van der Waals surface area contributed by atoms with Gasteiger partial charge in [0.2, 0.25) is 0 Å². The van der Waals surface area contributed by atoms with Crippen molar-refractivity contribution < 1.29 is 18.8 Å². The van der Waals surface area contributed by atoms with Gasteiger partial charge in [0.25, 0.3) is 11.8 Å². The van der Waals surface area contributed by atoms with Crippen LogP contribution in [0.25, 0.3) is 5.69 Å². The SMILES string of the molecule is CCCC[C@]1(CNC(=O)c2cnn(-c3ccc(F)cc3)n2)NC(=O)NC1=O. The second kappa shape index (κ2) is 7.52. The van der Waals surface area contributed by atoms with Gasteiger partial charge in [0, 0.05) is 0 Å². The minimum Gasteiger partial charge on any atom is -0.348 e. The van der Waals surface area contributed by atoms with Gasteiger partial charge in [0.05, 0.1) is 18.4 Å². The number of urea groups is 1. The third-order valence-corrected chi connectivity index (χ3v) is 4.30. The monoisotopic (exact) mass is 374 g/mol. The van der Waals surface area contributed by atoms with Crippen LogP contribution >= 0.6 is 0 Å². The fourth-order valence-corrected chi connectivity index (χ4v) is 2.78. The van der Waals surface area contributed by atoms with Crippen molar-refractivity contribution in [3.63, 3.8) is 0 Å². The minimum atomic E-state index is -1.17. The minimum absolute atomic E-state index is 0.0368. The molecule has 10 heteroatoms. The van der Waals surface area contributed by atoms with Gasteiger partial charge in [-0.2, -0.15) is 9.90 Å². The number of carbonyl (C=O) groups is 3. The van der Waals surface area contributed by atoms with Crippen LogP contribution in [0.3, 0.4) is 0 Å². The molecule has 4 amide bonds. The molecule has 1 aromatic heterocycles. The molecule has 2 heterocycles. The topological polar surface area (TPSA) is 118 Å². The molecule has 142 valence electrons. The summed E-state index contributed by atoms with van der Waals surface area (Å²) in [6.45, 7) is 1.90. The maximum Gasteiger partial charge on any atom is 0.322 e. The summed E-state index contributed by atoms with van der Waals surface area (Å²) < 4.78 is 13.0. The Labute approximate surface area is 154 Å². The van der Waals surface area contributed by atoms with Crippen molar-refractivity contribution in [1.29, 1.82) is 0 Å². The van der Waals surface area contributed by atoms with E-state index < -0.39 is 29.2 Å². The van der Waals surface area contributed by atoms with Crippen LogP contribution < -0.4 is 16.0 Å². The molecule has 0 aliphatic carbocycles. The Morgan fingerprint density at radius 1 is 1.30 bits per heavy atom.